The highest BCUT2D eigenvalue weighted by atomic mass is 32.2. The van der Waals surface area contributed by atoms with E-state index in [1.54, 1.807) is 32.5 Å². The number of ether oxygens (including phenoxy) is 3. The normalized spacial score (nSPS) is 13.2. The molecule has 0 spiro atoms. The van der Waals surface area contributed by atoms with E-state index in [9.17, 15) is 8.42 Å². The van der Waals surface area contributed by atoms with Crippen LogP contribution in [0.2, 0.25) is 0 Å². The summed E-state index contributed by atoms with van der Waals surface area (Å²) in [5.41, 5.74) is 6.01. The maximum atomic E-state index is 13.9. The number of methoxy groups -OCH3 is 2. The van der Waals surface area contributed by atoms with Crippen molar-refractivity contribution in [2.75, 3.05) is 20.8 Å². The molecule has 0 saturated carbocycles. The van der Waals surface area contributed by atoms with Gasteiger partial charge < -0.3 is 14.2 Å². The summed E-state index contributed by atoms with van der Waals surface area (Å²) in [6, 6.07) is 28.2. The van der Waals surface area contributed by atoms with Crippen LogP contribution in [0, 0.1) is 6.92 Å². The number of benzene rings is 4. The van der Waals surface area contributed by atoms with Crippen molar-refractivity contribution in [3.8, 4) is 17.2 Å². The Morgan fingerprint density at radius 2 is 1.46 bits per heavy atom. The number of para-hydroxylation sites is 1. The Labute approximate surface area is 227 Å². The molecule has 1 aliphatic rings. The largest absolute Gasteiger partial charge is 0.493 e. The topological polar surface area (TPSA) is 66.8 Å². The van der Waals surface area contributed by atoms with E-state index >= 15 is 0 Å². The number of hydrogen-bond donors (Lipinski definition) is 0. The fourth-order valence-electron chi connectivity index (χ4n) is 5.11. The van der Waals surface area contributed by atoms with Crippen LogP contribution in [-0.4, -0.2) is 33.2 Å². The molecule has 0 atom stereocenters. The molecular weight excluding hydrogens is 510 g/mol. The second-order valence-electron chi connectivity index (χ2n) is 9.39. The zero-order valence-electron chi connectivity index (χ0n) is 21.8. The van der Waals surface area contributed by atoms with Crippen LogP contribution < -0.4 is 14.2 Å². The van der Waals surface area contributed by atoms with Gasteiger partial charge in [-0.1, -0.05) is 66.2 Å². The lowest BCUT2D eigenvalue weighted by Crippen LogP contribution is -2.13. The van der Waals surface area contributed by atoms with E-state index < -0.39 is 10.0 Å². The SMILES string of the molecule is COc1cc2c(cc1OC)C(c1cn(S(=O)(=O)c3ccc(C)cc3)c3ccccc13)=C(c1ccccc1)CO2. The molecule has 1 aliphatic heterocycles. The summed E-state index contributed by atoms with van der Waals surface area (Å²) in [4.78, 5) is 0.233. The zero-order valence-corrected chi connectivity index (χ0v) is 22.7. The van der Waals surface area contributed by atoms with E-state index in [2.05, 4.69) is 0 Å². The van der Waals surface area contributed by atoms with Crippen molar-refractivity contribution in [3.05, 3.63) is 119 Å². The third-order valence-electron chi connectivity index (χ3n) is 7.08. The lowest BCUT2D eigenvalue weighted by molar-refractivity contribution is 0.339. The molecule has 39 heavy (non-hydrogen) atoms. The summed E-state index contributed by atoms with van der Waals surface area (Å²) in [6.07, 6.45) is 1.73. The van der Waals surface area contributed by atoms with E-state index in [0.29, 0.717) is 29.4 Å². The van der Waals surface area contributed by atoms with Gasteiger partial charge in [-0.15, -0.1) is 0 Å². The molecule has 0 bridgehead atoms. The maximum Gasteiger partial charge on any atom is 0.268 e. The van der Waals surface area contributed by atoms with Crippen molar-refractivity contribution in [3.63, 3.8) is 0 Å². The molecule has 7 heteroatoms. The standard InChI is InChI=1S/C32H27NO5S/c1-21-13-15-23(16-14-21)39(34,35)33-19-26(24-11-7-8-12-28(24)33)32-25-17-30(36-2)31(37-3)18-29(25)38-20-27(32)22-9-5-4-6-10-22/h4-19H,20H2,1-3H3. The second kappa shape index (κ2) is 9.67. The number of hydrogen-bond acceptors (Lipinski definition) is 5. The Hall–Kier alpha value is -4.49. The lowest BCUT2D eigenvalue weighted by Gasteiger charge is -2.26. The van der Waals surface area contributed by atoms with Gasteiger partial charge in [-0.05, 0) is 36.8 Å². The second-order valence-corrected chi connectivity index (χ2v) is 11.2. The molecule has 6 nitrogen and oxygen atoms in total. The predicted molar refractivity (Wildman–Crippen MR) is 153 cm³/mol. The highest BCUT2D eigenvalue weighted by molar-refractivity contribution is 7.90. The first kappa shape index (κ1) is 24.8. The Bertz CT molecular complexity index is 1840. The predicted octanol–water partition coefficient (Wildman–Crippen LogP) is 6.56. The van der Waals surface area contributed by atoms with Crippen molar-refractivity contribution in [1.82, 2.24) is 3.97 Å². The van der Waals surface area contributed by atoms with Crippen molar-refractivity contribution < 1.29 is 22.6 Å². The molecule has 0 fully saturated rings. The Morgan fingerprint density at radius 3 is 2.18 bits per heavy atom. The summed E-state index contributed by atoms with van der Waals surface area (Å²) < 4.78 is 46.6. The zero-order chi connectivity index (χ0) is 27.1. The van der Waals surface area contributed by atoms with Gasteiger partial charge in [0.1, 0.15) is 12.4 Å². The van der Waals surface area contributed by atoms with Crippen LogP contribution in [0.5, 0.6) is 17.2 Å². The molecule has 0 N–H and O–H groups in total. The van der Waals surface area contributed by atoms with Gasteiger partial charge in [0.2, 0.25) is 0 Å². The molecule has 2 heterocycles. The summed E-state index contributed by atoms with van der Waals surface area (Å²) in [5.74, 6) is 1.76. The van der Waals surface area contributed by atoms with Crippen LogP contribution in [0.3, 0.4) is 0 Å². The van der Waals surface area contributed by atoms with E-state index in [4.69, 9.17) is 14.2 Å². The van der Waals surface area contributed by atoms with Crippen LogP contribution in [-0.2, 0) is 10.0 Å². The van der Waals surface area contributed by atoms with Gasteiger partial charge in [-0.25, -0.2) is 12.4 Å². The average molecular weight is 538 g/mol. The molecule has 0 unspecified atom stereocenters. The minimum absolute atomic E-state index is 0.233. The summed E-state index contributed by atoms with van der Waals surface area (Å²) in [7, 11) is -0.686. The van der Waals surface area contributed by atoms with E-state index in [0.717, 1.165) is 38.8 Å². The van der Waals surface area contributed by atoms with Gasteiger partial charge in [0.25, 0.3) is 10.0 Å². The first-order valence-corrected chi connectivity index (χ1v) is 14.0. The molecular formula is C32H27NO5S. The third kappa shape index (κ3) is 4.15. The molecule has 6 rings (SSSR count). The van der Waals surface area contributed by atoms with Gasteiger partial charge in [0.05, 0.1) is 24.6 Å². The van der Waals surface area contributed by atoms with Crippen molar-refractivity contribution in [2.45, 2.75) is 11.8 Å². The van der Waals surface area contributed by atoms with Crippen molar-refractivity contribution in [1.29, 1.82) is 0 Å². The Kier molecular flexibility index (Phi) is 6.16. The smallest absolute Gasteiger partial charge is 0.268 e. The van der Waals surface area contributed by atoms with E-state index in [1.165, 1.54) is 3.97 Å². The monoisotopic (exact) mass is 537 g/mol. The highest BCUT2D eigenvalue weighted by Crippen LogP contribution is 2.47. The van der Waals surface area contributed by atoms with Crippen molar-refractivity contribution >= 4 is 32.1 Å². The van der Waals surface area contributed by atoms with Gasteiger partial charge in [0.15, 0.2) is 11.5 Å². The van der Waals surface area contributed by atoms with Crippen LogP contribution >= 0.6 is 0 Å². The third-order valence-corrected chi connectivity index (χ3v) is 8.76. The number of aryl methyl sites for hydroxylation is 1. The molecule has 4 aromatic carbocycles. The summed E-state index contributed by atoms with van der Waals surface area (Å²) in [5, 5.41) is 0.819. The van der Waals surface area contributed by atoms with E-state index in [-0.39, 0.29) is 4.90 Å². The molecule has 0 aliphatic carbocycles. The molecule has 0 saturated heterocycles. The molecule has 0 radical (unpaired) electrons. The highest BCUT2D eigenvalue weighted by Gasteiger charge is 2.29. The summed E-state index contributed by atoms with van der Waals surface area (Å²) >= 11 is 0. The van der Waals surface area contributed by atoms with Crippen LogP contribution in [0.25, 0.3) is 22.0 Å². The van der Waals surface area contributed by atoms with Crippen LogP contribution in [0.15, 0.2) is 102 Å². The first-order chi connectivity index (χ1) is 18.9. The minimum atomic E-state index is -3.87. The quantitative estimate of drug-likeness (QED) is 0.246. The lowest BCUT2D eigenvalue weighted by atomic mass is 9.87. The molecule has 5 aromatic rings. The van der Waals surface area contributed by atoms with Crippen LogP contribution in [0.1, 0.15) is 22.3 Å². The average Bonchev–Trinajstić information content (AvgIpc) is 3.36. The number of rotatable bonds is 6. The van der Waals surface area contributed by atoms with Crippen molar-refractivity contribution in [2.24, 2.45) is 0 Å². The Balaban J connectivity index is 1.67. The molecule has 1 aromatic heterocycles. The molecule has 0 amide bonds. The van der Waals surface area contributed by atoms with Gasteiger partial charge in [-0.3, -0.25) is 0 Å². The minimum Gasteiger partial charge on any atom is -0.493 e. The van der Waals surface area contributed by atoms with Gasteiger partial charge in [0, 0.05) is 39.9 Å². The number of nitrogens with zero attached hydrogens (tertiary/aromatic N) is 1. The van der Waals surface area contributed by atoms with E-state index in [1.807, 2.05) is 85.8 Å². The first-order valence-electron chi connectivity index (χ1n) is 12.5. The number of fused-ring (bicyclic) bond motifs is 2. The Morgan fingerprint density at radius 1 is 0.795 bits per heavy atom. The van der Waals surface area contributed by atoms with Gasteiger partial charge in [-0.2, -0.15) is 0 Å². The number of aromatic nitrogens is 1. The van der Waals surface area contributed by atoms with Gasteiger partial charge >= 0.3 is 0 Å². The fraction of sp³-hybridized carbons (Fsp3) is 0.125. The van der Waals surface area contributed by atoms with Crippen LogP contribution in [0.4, 0.5) is 0 Å². The molecule has 196 valence electrons. The summed E-state index contributed by atoms with van der Waals surface area (Å²) in [6.45, 7) is 2.25. The fourth-order valence-corrected chi connectivity index (χ4v) is 6.48. The maximum absolute atomic E-state index is 13.9.